The summed E-state index contributed by atoms with van der Waals surface area (Å²) in [5.74, 6) is -0.130. The minimum atomic E-state index is -1.57. The number of carbonyl (C=O) groups is 1. The van der Waals surface area contributed by atoms with Crippen LogP contribution in [0.2, 0.25) is 0 Å². The van der Waals surface area contributed by atoms with Crippen LogP contribution in [0.5, 0.6) is 0 Å². The fourth-order valence-corrected chi connectivity index (χ4v) is 2.36. The molecule has 2 aliphatic carbocycles. The second-order valence-corrected chi connectivity index (χ2v) is 4.04. The zero-order valence-corrected chi connectivity index (χ0v) is 8.92. The van der Waals surface area contributed by atoms with Crippen molar-refractivity contribution < 1.29 is 14.8 Å². The van der Waals surface area contributed by atoms with E-state index in [4.69, 9.17) is 0 Å². The molecule has 1 aromatic carbocycles. The Balaban J connectivity index is 2.47. The minimum absolute atomic E-state index is 0.130. The molecular weight excluding hydrogens is 215 g/mol. The van der Waals surface area contributed by atoms with Crippen LogP contribution in [-0.4, -0.2) is 22.9 Å². The Morgan fingerprint density at radius 1 is 1.00 bits per heavy atom. The molecule has 0 amide bonds. The maximum atomic E-state index is 11.4. The third kappa shape index (κ3) is 1.42. The normalized spacial score (nSPS) is 16.8. The summed E-state index contributed by atoms with van der Waals surface area (Å²) in [5, 5.41) is 20.6. The fraction of sp³-hybridized carbons (Fsp3) is 0. The van der Waals surface area contributed by atoms with Gasteiger partial charge in [0.25, 0.3) is 0 Å². The number of hydrogen-bond donors (Lipinski definition) is 2. The molecule has 4 heteroatoms. The van der Waals surface area contributed by atoms with E-state index in [1.807, 2.05) is 24.3 Å². The van der Waals surface area contributed by atoms with Crippen LogP contribution in [0.4, 0.5) is 0 Å². The average molecular weight is 224 g/mol. The molecule has 0 radical (unpaired) electrons. The topological polar surface area (TPSA) is 57.5 Å². The summed E-state index contributed by atoms with van der Waals surface area (Å²) in [6, 6.07) is 7.47. The minimum Gasteiger partial charge on any atom is -0.423 e. The van der Waals surface area contributed by atoms with Crippen molar-refractivity contribution >= 4 is 23.9 Å². The van der Waals surface area contributed by atoms with Crippen molar-refractivity contribution in [2.45, 2.75) is 0 Å². The fourth-order valence-electron chi connectivity index (χ4n) is 2.36. The van der Waals surface area contributed by atoms with Crippen molar-refractivity contribution in [3.05, 3.63) is 58.5 Å². The van der Waals surface area contributed by atoms with Crippen molar-refractivity contribution in [1.82, 2.24) is 0 Å². The second-order valence-electron chi connectivity index (χ2n) is 4.04. The van der Waals surface area contributed by atoms with Gasteiger partial charge >= 0.3 is 7.12 Å². The molecule has 0 spiro atoms. The Kier molecular flexibility index (Phi) is 2.14. The van der Waals surface area contributed by atoms with Gasteiger partial charge in [0.1, 0.15) is 0 Å². The molecule has 0 saturated heterocycles. The molecule has 2 aliphatic rings. The molecule has 0 fully saturated rings. The van der Waals surface area contributed by atoms with Crippen LogP contribution < -0.4 is 10.4 Å². The molecule has 0 aromatic heterocycles. The Hall–Kier alpha value is -1.91. The number of benzene rings is 1. The van der Waals surface area contributed by atoms with Crippen LogP contribution in [-0.2, 0) is 4.79 Å². The molecule has 82 valence electrons. The van der Waals surface area contributed by atoms with Gasteiger partial charge in [-0.15, -0.1) is 0 Å². The molecule has 0 bridgehead atoms. The zero-order chi connectivity index (χ0) is 12.0. The van der Waals surface area contributed by atoms with Crippen molar-refractivity contribution in [3.63, 3.8) is 0 Å². The van der Waals surface area contributed by atoms with Gasteiger partial charge in [-0.25, -0.2) is 0 Å². The molecule has 3 nitrogen and oxygen atoms in total. The first-order valence-electron chi connectivity index (χ1n) is 5.32. The molecular formula is C13H9BO3. The monoisotopic (exact) mass is 224 g/mol. The summed E-state index contributed by atoms with van der Waals surface area (Å²) in [6.07, 6.45) is 4.66. The van der Waals surface area contributed by atoms with E-state index in [1.54, 1.807) is 6.08 Å². The van der Waals surface area contributed by atoms with Crippen LogP contribution in [0.3, 0.4) is 0 Å². The van der Waals surface area contributed by atoms with Crippen LogP contribution in [0, 0.1) is 0 Å². The predicted molar refractivity (Wildman–Crippen MR) is 64.9 cm³/mol. The van der Waals surface area contributed by atoms with Crippen LogP contribution in [0.1, 0.15) is 0 Å². The number of hydrogen-bond acceptors (Lipinski definition) is 3. The summed E-state index contributed by atoms with van der Waals surface area (Å²) < 4.78 is 0. The van der Waals surface area contributed by atoms with Crippen molar-refractivity contribution in [2.75, 3.05) is 0 Å². The highest BCUT2D eigenvalue weighted by molar-refractivity contribution is 6.67. The lowest BCUT2D eigenvalue weighted by atomic mass is 9.73. The van der Waals surface area contributed by atoms with Gasteiger partial charge in [-0.1, -0.05) is 24.3 Å². The summed E-state index contributed by atoms with van der Waals surface area (Å²) in [7, 11) is -1.57. The molecule has 3 rings (SSSR count). The zero-order valence-electron chi connectivity index (χ0n) is 8.92. The Bertz CT molecular complexity index is 696. The lowest BCUT2D eigenvalue weighted by Crippen LogP contribution is -2.28. The maximum Gasteiger partial charge on any atom is 0.489 e. The molecule has 0 saturated carbocycles. The summed E-state index contributed by atoms with van der Waals surface area (Å²) >= 11 is 0. The van der Waals surface area contributed by atoms with Gasteiger partial charge in [-0.2, -0.15) is 0 Å². The number of rotatable bonds is 1. The third-order valence-electron chi connectivity index (χ3n) is 3.05. The van der Waals surface area contributed by atoms with E-state index in [0.717, 1.165) is 16.0 Å². The summed E-state index contributed by atoms with van der Waals surface area (Å²) in [4.78, 5) is 11.4. The number of allylic oxidation sites excluding steroid dienone is 4. The van der Waals surface area contributed by atoms with Gasteiger partial charge in [0.05, 0.1) is 0 Å². The van der Waals surface area contributed by atoms with Gasteiger partial charge in [0.15, 0.2) is 5.78 Å². The van der Waals surface area contributed by atoms with Crippen LogP contribution in [0.25, 0.3) is 11.0 Å². The van der Waals surface area contributed by atoms with Gasteiger partial charge in [0.2, 0.25) is 0 Å². The first-order valence-corrected chi connectivity index (χ1v) is 5.32. The Labute approximate surface area is 97.9 Å². The van der Waals surface area contributed by atoms with E-state index in [-0.39, 0.29) is 5.78 Å². The van der Waals surface area contributed by atoms with E-state index in [0.29, 0.717) is 11.0 Å². The van der Waals surface area contributed by atoms with Crippen LogP contribution in [0.15, 0.2) is 48.1 Å². The van der Waals surface area contributed by atoms with E-state index in [1.165, 1.54) is 12.2 Å². The molecule has 0 atom stereocenters. The summed E-state index contributed by atoms with van der Waals surface area (Å²) in [5.41, 5.74) is 1.91. The average Bonchev–Trinajstić information content (AvgIpc) is 2.62. The molecule has 17 heavy (non-hydrogen) atoms. The highest BCUT2D eigenvalue weighted by Gasteiger charge is 2.28. The number of fused-ring (bicyclic) bond motifs is 2. The first kappa shape index (κ1) is 10.3. The Morgan fingerprint density at radius 2 is 1.71 bits per heavy atom. The number of carbonyl (C=O) groups excluding carboxylic acids is 1. The summed E-state index contributed by atoms with van der Waals surface area (Å²) in [6.45, 7) is 0. The Morgan fingerprint density at radius 3 is 2.41 bits per heavy atom. The molecule has 0 unspecified atom stereocenters. The second kappa shape index (κ2) is 3.55. The van der Waals surface area contributed by atoms with E-state index < -0.39 is 7.12 Å². The predicted octanol–water partition coefficient (Wildman–Crippen LogP) is -0.921. The van der Waals surface area contributed by atoms with Gasteiger partial charge in [-0.05, 0) is 45.3 Å². The highest BCUT2D eigenvalue weighted by atomic mass is 16.4. The third-order valence-corrected chi connectivity index (χ3v) is 3.05. The van der Waals surface area contributed by atoms with Crippen molar-refractivity contribution in [2.24, 2.45) is 0 Å². The van der Waals surface area contributed by atoms with Crippen molar-refractivity contribution in [1.29, 1.82) is 0 Å². The van der Waals surface area contributed by atoms with E-state index in [9.17, 15) is 14.8 Å². The maximum absolute atomic E-state index is 11.4. The largest absolute Gasteiger partial charge is 0.489 e. The highest BCUT2D eigenvalue weighted by Crippen LogP contribution is 2.27. The lowest BCUT2D eigenvalue weighted by molar-refractivity contribution is -0.110. The van der Waals surface area contributed by atoms with Gasteiger partial charge in [-0.3, -0.25) is 4.79 Å². The smallest absolute Gasteiger partial charge is 0.423 e. The SMILES string of the molecule is O=C1C=CC2=c3ccccc3=C(B(O)O)C2=C1. The molecule has 2 N–H and O–H groups in total. The number of ketones is 1. The van der Waals surface area contributed by atoms with Gasteiger partial charge < -0.3 is 10.0 Å². The molecule has 1 aromatic rings. The lowest BCUT2D eigenvalue weighted by Gasteiger charge is -2.09. The van der Waals surface area contributed by atoms with Crippen LogP contribution >= 0.6 is 0 Å². The van der Waals surface area contributed by atoms with Gasteiger partial charge in [0, 0.05) is 0 Å². The van der Waals surface area contributed by atoms with E-state index in [2.05, 4.69) is 0 Å². The van der Waals surface area contributed by atoms with Crippen molar-refractivity contribution in [3.8, 4) is 0 Å². The molecule has 0 heterocycles. The standard InChI is InChI=1S/C13H9BO3/c15-8-5-6-10-9-3-1-2-4-11(9)13(14(16)17)12(10)7-8/h1-7,16-17H. The quantitative estimate of drug-likeness (QED) is 0.606. The molecule has 0 aliphatic heterocycles. The first-order chi connectivity index (χ1) is 8.18. The van der Waals surface area contributed by atoms with E-state index >= 15 is 0 Å².